The minimum atomic E-state index is -0.319. The number of anilines is 1. The van der Waals surface area contributed by atoms with Crippen molar-refractivity contribution in [2.45, 2.75) is 0 Å². The van der Waals surface area contributed by atoms with Crippen LogP contribution in [0.3, 0.4) is 0 Å². The van der Waals surface area contributed by atoms with Crippen molar-refractivity contribution >= 4 is 39.0 Å². The molecule has 0 unspecified atom stereocenters. The maximum Gasteiger partial charge on any atom is 0.266 e. The average Bonchev–Trinajstić information content (AvgIpc) is 3.11. The predicted octanol–water partition coefficient (Wildman–Crippen LogP) is 6.19. The molecule has 0 aliphatic carbocycles. The zero-order valence-electron chi connectivity index (χ0n) is 17.6. The molecule has 0 fully saturated rings. The van der Waals surface area contributed by atoms with Gasteiger partial charge in [-0.3, -0.25) is 9.59 Å². The van der Waals surface area contributed by atoms with E-state index >= 15 is 0 Å². The Kier molecular flexibility index (Phi) is 4.31. The predicted molar refractivity (Wildman–Crippen MR) is 131 cm³/mol. The number of imide groups is 1. The van der Waals surface area contributed by atoms with Gasteiger partial charge in [0.25, 0.3) is 11.8 Å². The highest BCUT2D eigenvalue weighted by Crippen LogP contribution is 2.30. The summed E-state index contributed by atoms with van der Waals surface area (Å²) in [5.74, 6) is 5.96. The summed E-state index contributed by atoms with van der Waals surface area (Å²) in [7, 11) is 0. The lowest BCUT2D eigenvalue weighted by Gasteiger charge is -2.13. The van der Waals surface area contributed by atoms with Gasteiger partial charge in [-0.2, -0.15) is 0 Å². The molecule has 3 nitrogen and oxygen atoms in total. The van der Waals surface area contributed by atoms with Crippen LogP contribution in [0.2, 0.25) is 0 Å². The third kappa shape index (κ3) is 3.09. The Morgan fingerprint density at radius 2 is 1.15 bits per heavy atom. The van der Waals surface area contributed by atoms with E-state index in [1.54, 1.807) is 30.3 Å². The van der Waals surface area contributed by atoms with E-state index in [1.807, 2.05) is 42.5 Å². The quantitative estimate of drug-likeness (QED) is 0.183. The van der Waals surface area contributed by atoms with E-state index in [9.17, 15) is 9.59 Å². The Morgan fingerprint density at radius 1 is 0.545 bits per heavy atom. The lowest BCUT2D eigenvalue weighted by Crippen LogP contribution is -2.29. The first kappa shape index (κ1) is 19.0. The lowest BCUT2D eigenvalue weighted by atomic mass is 9.96. The van der Waals surface area contributed by atoms with Gasteiger partial charge in [-0.1, -0.05) is 78.6 Å². The van der Waals surface area contributed by atoms with Crippen molar-refractivity contribution in [3.63, 3.8) is 0 Å². The molecule has 0 spiro atoms. The number of carbonyl (C=O) groups excluding carboxylic acids is 2. The summed E-state index contributed by atoms with van der Waals surface area (Å²) in [6.07, 6.45) is 0. The van der Waals surface area contributed by atoms with E-state index in [2.05, 4.69) is 42.2 Å². The van der Waals surface area contributed by atoms with Gasteiger partial charge >= 0.3 is 0 Å². The molecule has 3 heteroatoms. The Morgan fingerprint density at radius 3 is 1.85 bits per heavy atom. The van der Waals surface area contributed by atoms with E-state index in [4.69, 9.17) is 0 Å². The molecule has 1 aliphatic rings. The molecular formula is C30H17NO2. The number of para-hydroxylation sites is 1. The second kappa shape index (κ2) is 7.47. The summed E-state index contributed by atoms with van der Waals surface area (Å²) >= 11 is 0. The van der Waals surface area contributed by atoms with Crippen molar-refractivity contribution < 1.29 is 9.59 Å². The fraction of sp³-hybridized carbons (Fsp3) is 0. The van der Waals surface area contributed by atoms with Gasteiger partial charge in [0, 0.05) is 11.1 Å². The van der Waals surface area contributed by atoms with Crippen molar-refractivity contribution in [1.29, 1.82) is 0 Å². The molecule has 33 heavy (non-hydrogen) atoms. The van der Waals surface area contributed by atoms with Crippen LogP contribution >= 0.6 is 0 Å². The number of rotatable bonds is 1. The van der Waals surface area contributed by atoms with Crippen LogP contribution in [0, 0.1) is 11.8 Å². The summed E-state index contributed by atoms with van der Waals surface area (Å²) in [4.78, 5) is 27.1. The van der Waals surface area contributed by atoms with Crippen LogP contribution in [0.15, 0.2) is 103 Å². The monoisotopic (exact) mass is 423 g/mol. The van der Waals surface area contributed by atoms with Crippen LogP contribution in [0.5, 0.6) is 0 Å². The molecule has 2 amide bonds. The molecule has 0 saturated heterocycles. The molecule has 0 bridgehead atoms. The Labute approximate surface area is 190 Å². The third-order valence-electron chi connectivity index (χ3n) is 6.00. The Bertz CT molecular complexity index is 1600. The number of hydrogen-bond acceptors (Lipinski definition) is 2. The molecular weight excluding hydrogens is 406 g/mol. The molecule has 1 heterocycles. The summed E-state index contributed by atoms with van der Waals surface area (Å²) in [5.41, 5.74) is 3.02. The van der Waals surface area contributed by atoms with Crippen molar-refractivity contribution in [2.24, 2.45) is 0 Å². The zero-order valence-corrected chi connectivity index (χ0v) is 17.6. The van der Waals surface area contributed by atoms with Gasteiger partial charge in [0.15, 0.2) is 0 Å². The van der Waals surface area contributed by atoms with E-state index in [0.29, 0.717) is 22.4 Å². The molecule has 0 radical (unpaired) electrons. The largest absolute Gasteiger partial charge is 0.268 e. The second-order valence-corrected chi connectivity index (χ2v) is 7.99. The summed E-state index contributed by atoms with van der Waals surface area (Å²) in [6.45, 7) is 0. The maximum atomic E-state index is 13.0. The first-order valence-electron chi connectivity index (χ1n) is 10.7. The normalized spacial score (nSPS) is 12.7. The molecule has 1 aliphatic heterocycles. The number of hydrogen-bond donors (Lipinski definition) is 0. The molecule has 154 valence electrons. The standard InChI is InChI=1S/C30H17NO2/c32-29-27-17-15-20(18-28(27)30(33)31(29)23-10-2-1-3-11-23)14-16-26-24-12-6-4-8-21(24)19-22-9-5-7-13-25(22)26/h1-13,15,17-19H. The minimum Gasteiger partial charge on any atom is -0.268 e. The minimum absolute atomic E-state index is 0.305. The van der Waals surface area contributed by atoms with E-state index in [1.165, 1.54) is 4.90 Å². The molecule has 6 rings (SSSR count). The van der Waals surface area contributed by atoms with Gasteiger partial charge in [-0.15, -0.1) is 0 Å². The first-order valence-corrected chi connectivity index (χ1v) is 10.7. The van der Waals surface area contributed by atoms with E-state index < -0.39 is 0 Å². The van der Waals surface area contributed by atoms with Crippen molar-refractivity contribution in [1.82, 2.24) is 0 Å². The van der Waals surface area contributed by atoms with Crippen molar-refractivity contribution in [3.8, 4) is 11.8 Å². The van der Waals surface area contributed by atoms with E-state index in [0.717, 1.165) is 27.1 Å². The average molecular weight is 423 g/mol. The number of nitrogens with zero attached hydrogens (tertiary/aromatic N) is 1. The van der Waals surface area contributed by atoms with Gasteiger partial charge in [0.05, 0.1) is 16.8 Å². The van der Waals surface area contributed by atoms with Gasteiger partial charge in [0.2, 0.25) is 0 Å². The summed E-state index contributed by atoms with van der Waals surface area (Å²) in [6, 6.07) is 32.8. The fourth-order valence-corrected chi connectivity index (χ4v) is 4.41. The smallest absolute Gasteiger partial charge is 0.266 e. The van der Waals surface area contributed by atoms with Crippen molar-refractivity contribution in [3.05, 3.63) is 125 Å². The lowest BCUT2D eigenvalue weighted by molar-refractivity contribution is 0.0926. The highest BCUT2D eigenvalue weighted by atomic mass is 16.2. The van der Waals surface area contributed by atoms with Crippen molar-refractivity contribution in [2.75, 3.05) is 4.90 Å². The van der Waals surface area contributed by atoms with Gasteiger partial charge in [-0.05, 0) is 57.9 Å². The number of fused-ring (bicyclic) bond motifs is 3. The SMILES string of the molecule is O=C1c2ccc(C#Cc3c4ccccc4cc4ccccc34)cc2C(=O)N1c1ccccc1. The van der Waals surface area contributed by atoms with Crippen LogP contribution < -0.4 is 4.90 Å². The molecule has 0 atom stereocenters. The number of benzene rings is 5. The van der Waals surface area contributed by atoms with Gasteiger partial charge in [0.1, 0.15) is 0 Å². The van der Waals surface area contributed by atoms with Crippen LogP contribution in [0.25, 0.3) is 21.5 Å². The maximum absolute atomic E-state index is 13.0. The highest BCUT2D eigenvalue weighted by molar-refractivity contribution is 6.34. The molecule has 0 N–H and O–H groups in total. The van der Waals surface area contributed by atoms with Crippen LogP contribution in [-0.4, -0.2) is 11.8 Å². The van der Waals surface area contributed by atoms with E-state index in [-0.39, 0.29) is 11.8 Å². The molecule has 5 aromatic rings. The Balaban J connectivity index is 1.45. The zero-order chi connectivity index (χ0) is 22.4. The topological polar surface area (TPSA) is 37.4 Å². The third-order valence-corrected chi connectivity index (χ3v) is 6.00. The van der Waals surface area contributed by atoms with Gasteiger partial charge < -0.3 is 0 Å². The summed E-state index contributed by atoms with van der Waals surface area (Å²) < 4.78 is 0. The molecule has 0 saturated carbocycles. The first-order chi connectivity index (χ1) is 16.2. The fourth-order valence-electron chi connectivity index (χ4n) is 4.41. The molecule has 5 aromatic carbocycles. The summed E-state index contributed by atoms with van der Waals surface area (Å²) in [5, 5.41) is 4.44. The van der Waals surface area contributed by atoms with Crippen LogP contribution in [-0.2, 0) is 0 Å². The van der Waals surface area contributed by atoms with Crippen LogP contribution in [0.4, 0.5) is 5.69 Å². The number of amides is 2. The Hall–Kier alpha value is -4.68. The molecule has 0 aromatic heterocycles. The number of carbonyl (C=O) groups is 2. The van der Waals surface area contributed by atoms with Gasteiger partial charge in [-0.25, -0.2) is 4.90 Å². The van der Waals surface area contributed by atoms with Crippen LogP contribution in [0.1, 0.15) is 31.8 Å². The second-order valence-electron chi connectivity index (χ2n) is 7.99. The highest BCUT2D eigenvalue weighted by Gasteiger charge is 2.36.